The molecule has 1 aliphatic heterocycles. The van der Waals surface area contributed by atoms with Gasteiger partial charge in [-0.15, -0.1) is 0 Å². The quantitative estimate of drug-likeness (QED) is 0.399. The van der Waals surface area contributed by atoms with E-state index in [2.05, 4.69) is 27.3 Å². The van der Waals surface area contributed by atoms with Gasteiger partial charge in [-0.3, -0.25) is 18.8 Å². The van der Waals surface area contributed by atoms with E-state index in [1.165, 1.54) is 12.3 Å². The third-order valence-corrected chi connectivity index (χ3v) is 7.87. The van der Waals surface area contributed by atoms with Crippen LogP contribution in [0.25, 0.3) is 22.2 Å². The molecule has 1 atom stereocenters. The van der Waals surface area contributed by atoms with Crippen molar-refractivity contribution in [2.24, 2.45) is 0 Å². The number of amides is 1. The van der Waals surface area contributed by atoms with Crippen molar-refractivity contribution in [3.8, 4) is 5.69 Å². The monoisotopic (exact) mass is 512 g/mol. The highest BCUT2D eigenvalue weighted by Gasteiger charge is 2.47. The number of carbonyl (C=O) groups is 1. The van der Waals surface area contributed by atoms with E-state index in [4.69, 9.17) is 0 Å². The van der Waals surface area contributed by atoms with E-state index in [1.54, 1.807) is 39.8 Å². The number of aromatic nitrogens is 4. The van der Waals surface area contributed by atoms with Crippen LogP contribution >= 0.6 is 0 Å². The van der Waals surface area contributed by atoms with Crippen molar-refractivity contribution < 1.29 is 9.18 Å². The number of benzene rings is 1. The molecule has 38 heavy (non-hydrogen) atoms. The Morgan fingerprint density at radius 2 is 2.05 bits per heavy atom. The molecule has 1 amide bonds. The summed E-state index contributed by atoms with van der Waals surface area (Å²) in [7, 11) is 0. The van der Waals surface area contributed by atoms with E-state index >= 15 is 0 Å². The van der Waals surface area contributed by atoms with Crippen LogP contribution in [-0.2, 0) is 11.3 Å². The van der Waals surface area contributed by atoms with Gasteiger partial charge >= 0.3 is 0 Å². The zero-order valence-corrected chi connectivity index (χ0v) is 21.2. The summed E-state index contributed by atoms with van der Waals surface area (Å²) in [5, 5.41) is 11.6. The van der Waals surface area contributed by atoms with Crippen molar-refractivity contribution in [2.45, 2.75) is 57.2 Å². The van der Waals surface area contributed by atoms with Gasteiger partial charge in [0.05, 0.1) is 40.9 Å². The van der Waals surface area contributed by atoms with Crippen molar-refractivity contribution in [3.05, 3.63) is 88.9 Å². The molecule has 1 spiro atoms. The predicted octanol–water partition coefficient (Wildman–Crippen LogP) is 4.42. The zero-order chi connectivity index (χ0) is 26.4. The lowest BCUT2D eigenvalue weighted by atomic mass is 9.68. The van der Waals surface area contributed by atoms with Gasteiger partial charge in [0.15, 0.2) is 0 Å². The van der Waals surface area contributed by atoms with Gasteiger partial charge in [0.1, 0.15) is 11.6 Å². The number of hydrogen-bond acceptors (Lipinski definition) is 5. The summed E-state index contributed by atoms with van der Waals surface area (Å²) in [5.74, 6) is 0.428. The van der Waals surface area contributed by atoms with E-state index in [-0.39, 0.29) is 35.4 Å². The molecule has 194 valence electrons. The zero-order valence-electron chi connectivity index (χ0n) is 21.2. The molecule has 1 aliphatic carbocycles. The van der Waals surface area contributed by atoms with Gasteiger partial charge in [-0.2, -0.15) is 5.10 Å². The second kappa shape index (κ2) is 9.24. The highest BCUT2D eigenvalue weighted by atomic mass is 19.1. The summed E-state index contributed by atoms with van der Waals surface area (Å²) >= 11 is 0. The Labute approximate surface area is 219 Å². The average molecular weight is 513 g/mol. The van der Waals surface area contributed by atoms with Crippen LogP contribution in [0.3, 0.4) is 0 Å². The smallest absolute Gasteiger partial charge is 0.266 e. The first-order chi connectivity index (χ1) is 18.3. The first-order valence-corrected chi connectivity index (χ1v) is 12.9. The molecule has 1 saturated carbocycles. The van der Waals surface area contributed by atoms with Gasteiger partial charge in [0.2, 0.25) is 5.91 Å². The van der Waals surface area contributed by atoms with Crippen molar-refractivity contribution in [1.82, 2.24) is 24.6 Å². The number of nitrogens with one attached hydrogen (secondary N) is 2. The number of hydrogen-bond donors (Lipinski definition) is 2. The Hall–Kier alpha value is -4.27. The highest BCUT2D eigenvalue weighted by Crippen LogP contribution is 2.40. The van der Waals surface area contributed by atoms with Crippen LogP contribution in [0.2, 0.25) is 0 Å². The van der Waals surface area contributed by atoms with Crippen LogP contribution in [0.4, 0.5) is 10.2 Å². The molecular formula is C29H29FN6O2. The van der Waals surface area contributed by atoms with Gasteiger partial charge < -0.3 is 10.6 Å². The minimum Gasteiger partial charge on any atom is -0.365 e. The van der Waals surface area contributed by atoms with Gasteiger partial charge in [-0.1, -0.05) is 24.8 Å². The second-order valence-corrected chi connectivity index (χ2v) is 10.3. The molecule has 1 unspecified atom stereocenters. The summed E-state index contributed by atoms with van der Waals surface area (Å²) in [6.07, 6.45) is 9.16. The third kappa shape index (κ3) is 4.08. The van der Waals surface area contributed by atoms with Crippen molar-refractivity contribution in [1.29, 1.82) is 0 Å². The third-order valence-electron chi connectivity index (χ3n) is 7.87. The number of anilines is 1. The molecule has 0 bridgehead atoms. The van der Waals surface area contributed by atoms with Gasteiger partial charge in [-0.25, -0.2) is 9.37 Å². The maximum Gasteiger partial charge on any atom is 0.266 e. The number of piperidine rings is 1. The van der Waals surface area contributed by atoms with Crippen LogP contribution in [0.5, 0.6) is 0 Å². The average Bonchev–Trinajstić information content (AvgIpc) is 3.29. The molecule has 1 saturated heterocycles. The fraction of sp³-hybridized carbons (Fsp3) is 0.310. The number of rotatable bonds is 6. The van der Waals surface area contributed by atoms with Crippen LogP contribution in [0.15, 0.2) is 66.4 Å². The Balaban J connectivity index is 1.36. The fourth-order valence-corrected chi connectivity index (χ4v) is 5.63. The minimum atomic E-state index is -0.311. The Bertz CT molecular complexity index is 1630. The van der Waals surface area contributed by atoms with E-state index in [9.17, 15) is 14.0 Å². The van der Waals surface area contributed by atoms with E-state index < -0.39 is 0 Å². The second-order valence-electron chi connectivity index (χ2n) is 10.3. The molecule has 4 aromatic rings. The normalized spacial score (nSPS) is 18.3. The number of carbonyl (C=O) groups excluding carboxylic acids is 1. The first-order valence-electron chi connectivity index (χ1n) is 12.9. The largest absolute Gasteiger partial charge is 0.365 e. The summed E-state index contributed by atoms with van der Waals surface area (Å²) in [6.45, 7) is 6.19. The molecule has 2 aliphatic rings. The molecule has 8 nitrogen and oxygen atoms in total. The summed E-state index contributed by atoms with van der Waals surface area (Å²) in [4.78, 5) is 30.3. The van der Waals surface area contributed by atoms with Crippen LogP contribution in [0.1, 0.15) is 50.2 Å². The number of fused-ring (bicyclic) bond motifs is 1. The molecule has 6 rings (SSSR count). The van der Waals surface area contributed by atoms with Gasteiger partial charge in [0.25, 0.3) is 5.56 Å². The van der Waals surface area contributed by atoms with E-state index in [0.29, 0.717) is 34.4 Å². The lowest BCUT2D eigenvalue weighted by Gasteiger charge is -2.51. The maximum atomic E-state index is 14.2. The Morgan fingerprint density at radius 3 is 2.79 bits per heavy atom. The lowest BCUT2D eigenvalue weighted by molar-refractivity contribution is -0.127. The fourth-order valence-electron chi connectivity index (χ4n) is 5.63. The highest BCUT2D eigenvalue weighted by molar-refractivity contribution is 5.80. The van der Waals surface area contributed by atoms with E-state index in [1.807, 2.05) is 19.1 Å². The van der Waals surface area contributed by atoms with Crippen molar-refractivity contribution in [3.63, 3.8) is 0 Å². The maximum absolute atomic E-state index is 14.2. The van der Waals surface area contributed by atoms with Crippen LogP contribution < -0.4 is 16.2 Å². The van der Waals surface area contributed by atoms with Crippen LogP contribution in [0, 0.1) is 5.82 Å². The number of nitrogens with zero attached hydrogens (tertiary/aromatic N) is 4. The topological polar surface area (TPSA) is 93.8 Å². The molecule has 4 heterocycles. The van der Waals surface area contributed by atoms with Crippen LogP contribution in [-0.4, -0.2) is 36.8 Å². The van der Waals surface area contributed by atoms with Crippen molar-refractivity contribution >= 4 is 28.2 Å². The molecule has 9 heteroatoms. The standard InChI is InChI=1S/C29H29FN6O2/c1-18(2)20-15-31-26(33-25-8-9-27(37)34-29(25)11-5-12-29)14-24(20)35-13-10-23-21(28(35)38)16-32-36(23)17-19-6-3-4-7-22(19)30/h3-4,6-7,10,13-16,25H,1,5,8-9,11-12,17H2,2H3,(H,31,33)(H,34,37). The molecule has 0 radical (unpaired) electrons. The molecule has 2 fully saturated rings. The molecule has 3 aromatic heterocycles. The molecule has 1 aromatic carbocycles. The number of pyridine rings is 2. The predicted molar refractivity (Wildman–Crippen MR) is 145 cm³/mol. The summed E-state index contributed by atoms with van der Waals surface area (Å²) < 4.78 is 17.4. The van der Waals surface area contributed by atoms with Gasteiger partial charge in [0, 0.05) is 36.0 Å². The lowest BCUT2D eigenvalue weighted by Crippen LogP contribution is -2.66. The first kappa shape index (κ1) is 24.1. The Morgan fingerprint density at radius 1 is 1.24 bits per heavy atom. The number of allylic oxidation sites excluding steroid dienone is 1. The van der Waals surface area contributed by atoms with Crippen molar-refractivity contribution in [2.75, 3.05) is 5.32 Å². The molecule has 2 N–H and O–H groups in total. The summed E-state index contributed by atoms with van der Waals surface area (Å²) in [5.41, 5.74) is 2.86. The SMILES string of the molecule is C=C(C)c1cnc(NC2CCC(=O)NC23CCC3)cc1-n1ccc2c(cnn2Cc2ccccc2F)c1=O. The minimum absolute atomic E-state index is 0.0702. The molecular weight excluding hydrogens is 483 g/mol. The van der Waals surface area contributed by atoms with E-state index in [0.717, 1.165) is 36.8 Å². The Kier molecular flexibility index (Phi) is 5.86. The van der Waals surface area contributed by atoms with Gasteiger partial charge in [-0.05, 0) is 50.3 Å². The number of halogens is 1. The summed E-state index contributed by atoms with van der Waals surface area (Å²) in [6, 6.07) is 10.3.